The van der Waals surface area contributed by atoms with Gasteiger partial charge in [0.05, 0.1) is 12.1 Å². The normalized spacial score (nSPS) is 16.9. The molecule has 0 spiro atoms. The molecule has 1 saturated carbocycles. The van der Waals surface area contributed by atoms with Gasteiger partial charge < -0.3 is 19.6 Å². The highest BCUT2D eigenvalue weighted by Crippen LogP contribution is 2.38. The first-order chi connectivity index (χ1) is 19.7. The number of methoxy groups -OCH3 is 1. The fourth-order valence-electron chi connectivity index (χ4n) is 5.83. The minimum Gasteiger partial charge on any atom is -0.496 e. The Labute approximate surface area is 249 Å². The van der Waals surface area contributed by atoms with Crippen molar-refractivity contribution in [2.75, 3.05) is 14.2 Å². The zero-order valence-corrected chi connectivity index (χ0v) is 25.3. The van der Waals surface area contributed by atoms with Crippen LogP contribution in [0.15, 0.2) is 54.6 Å². The molecule has 1 aliphatic carbocycles. The number of amides is 2. The van der Waals surface area contributed by atoms with Gasteiger partial charge in [-0.3, -0.25) is 9.78 Å². The van der Waals surface area contributed by atoms with Gasteiger partial charge in [-0.25, -0.2) is 4.79 Å². The Morgan fingerprint density at radius 2 is 1.66 bits per heavy atom. The number of hydrogen-bond donors (Lipinski definition) is 1. The van der Waals surface area contributed by atoms with Gasteiger partial charge >= 0.3 is 6.09 Å². The summed E-state index contributed by atoms with van der Waals surface area (Å²) in [6.45, 7) is 4.30. The van der Waals surface area contributed by atoms with Crippen LogP contribution in [0.2, 0.25) is 5.02 Å². The van der Waals surface area contributed by atoms with Crippen LogP contribution in [0.25, 0.3) is 21.2 Å². The van der Waals surface area contributed by atoms with E-state index in [2.05, 4.69) is 23.2 Å². The molecular weight excluding hydrogens is 558 g/mol. The van der Waals surface area contributed by atoms with Crippen LogP contribution in [0, 0.1) is 13.8 Å². The maximum atomic E-state index is 14.3. The smallest absolute Gasteiger partial charge is 0.407 e. The maximum Gasteiger partial charge on any atom is 0.407 e. The number of halogens is 1. The Morgan fingerprint density at radius 3 is 2.29 bits per heavy atom. The fourth-order valence-corrected chi connectivity index (χ4v) is 7.30. The van der Waals surface area contributed by atoms with Crippen molar-refractivity contribution in [3.05, 3.63) is 81.4 Å². The first-order valence-electron chi connectivity index (χ1n) is 13.7. The zero-order chi connectivity index (χ0) is 29.3. The van der Waals surface area contributed by atoms with E-state index in [9.17, 15) is 14.7 Å². The maximum absolute atomic E-state index is 14.3. The average molecular weight is 592 g/mol. The Hall–Kier alpha value is -3.62. The minimum absolute atomic E-state index is 0.0651. The summed E-state index contributed by atoms with van der Waals surface area (Å²) in [5, 5.41) is 10.8. The zero-order valence-electron chi connectivity index (χ0n) is 23.7. The van der Waals surface area contributed by atoms with Crippen LogP contribution >= 0.6 is 22.9 Å². The van der Waals surface area contributed by atoms with Crippen molar-refractivity contribution in [3.8, 4) is 16.9 Å². The number of benzene rings is 2. The number of nitrogens with zero attached hydrogens (tertiary/aromatic N) is 3. The summed E-state index contributed by atoms with van der Waals surface area (Å²) in [6.07, 6.45) is 1.83. The van der Waals surface area contributed by atoms with Crippen molar-refractivity contribution in [2.45, 2.75) is 58.2 Å². The molecule has 0 atom stereocenters. The number of carboxylic acid groups (broad SMARTS) is 1. The average Bonchev–Trinajstić information content (AvgIpc) is 3.31. The van der Waals surface area contributed by atoms with E-state index in [4.69, 9.17) is 16.3 Å². The van der Waals surface area contributed by atoms with Crippen molar-refractivity contribution in [3.63, 3.8) is 0 Å². The fraction of sp³-hybridized carbons (Fsp3) is 0.344. The van der Waals surface area contributed by atoms with Crippen LogP contribution in [0.1, 0.15) is 52.3 Å². The number of pyridine rings is 1. The van der Waals surface area contributed by atoms with E-state index in [0.717, 1.165) is 38.2 Å². The number of thiophene rings is 1. The van der Waals surface area contributed by atoms with Crippen LogP contribution in [0.4, 0.5) is 4.79 Å². The van der Waals surface area contributed by atoms with Gasteiger partial charge in [-0.05, 0) is 81.0 Å². The first kappa shape index (κ1) is 28.9. The Bertz CT molecular complexity index is 1580. The largest absolute Gasteiger partial charge is 0.496 e. The molecule has 0 saturated heterocycles. The van der Waals surface area contributed by atoms with E-state index in [1.54, 1.807) is 14.2 Å². The molecule has 2 aromatic heterocycles. The Kier molecular flexibility index (Phi) is 8.52. The van der Waals surface area contributed by atoms with Gasteiger partial charge in [-0.2, -0.15) is 0 Å². The van der Waals surface area contributed by atoms with E-state index in [-0.39, 0.29) is 18.0 Å². The molecule has 1 aliphatic rings. The summed E-state index contributed by atoms with van der Waals surface area (Å²) < 4.78 is 6.73. The van der Waals surface area contributed by atoms with Crippen molar-refractivity contribution in [1.29, 1.82) is 0 Å². The predicted octanol–water partition coefficient (Wildman–Crippen LogP) is 7.81. The van der Waals surface area contributed by atoms with E-state index < -0.39 is 6.09 Å². The lowest BCUT2D eigenvalue weighted by molar-refractivity contribution is 0.0555. The van der Waals surface area contributed by atoms with Gasteiger partial charge in [0.25, 0.3) is 5.91 Å². The molecule has 1 fully saturated rings. The van der Waals surface area contributed by atoms with Crippen LogP contribution < -0.4 is 4.74 Å². The SMILES string of the molecule is COc1ccc(-c2cc(C)nc(C)c2)cc1CN(C(=O)c1sc2ccccc2c1Cl)C1CCC(N(C)C(=O)O)CC1. The van der Waals surface area contributed by atoms with Gasteiger partial charge in [-0.15, -0.1) is 11.3 Å². The molecule has 0 bridgehead atoms. The highest BCUT2D eigenvalue weighted by Gasteiger charge is 2.34. The molecule has 41 heavy (non-hydrogen) atoms. The number of ether oxygens (including phenoxy) is 1. The number of aromatic nitrogens is 1. The summed E-state index contributed by atoms with van der Waals surface area (Å²) >= 11 is 8.20. The molecular formula is C32H34ClN3O4S. The summed E-state index contributed by atoms with van der Waals surface area (Å²) in [6, 6.07) is 17.8. The third kappa shape index (κ3) is 6.04. The Balaban J connectivity index is 1.52. The summed E-state index contributed by atoms with van der Waals surface area (Å²) in [4.78, 5) is 34.2. The number of carbonyl (C=O) groups is 2. The minimum atomic E-state index is -0.929. The third-order valence-corrected chi connectivity index (χ3v) is 9.65. The van der Waals surface area contributed by atoms with Gasteiger partial charge in [0, 0.05) is 52.7 Å². The van der Waals surface area contributed by atoms with Crippen LogP contribution in [-0.2, 0) is 6.54 Å². The molecule has 9 heteroatoms. The van der Waals surface area contributed by atoms with E-state index >= 15 is 0 Å². The molecule has 2 aromatic carbocycles. The second-order valence-electron chi connectivity index (χ2n) is 10.7. The molecule has 214 valence electrons. The number of rotatable bonds is 7. The topological polar surface area (TPSA) is 83.0 Å². The quantitative estimate of drug-likeness (QED) is 0.237. The van der Waals surface area contributed by atoms with Crippen molar-refractivity contribution < 1.29 is 19.4 Å². The molecule has 0 unspecified atom stereocenters. The van der Waals surface area contributed by atoms with E-state index in [0.29, 0.717) is 47.9 Å². The highest BCUT2D eigenvalue weighted by molar-refractivity contribution is 7.21. The van der Waals surface area contributed by atoms with E-state index in [1.807, 2.05) is 55.1 Å². The lowest BCUT2D eigenvalue weighted by Gasteiger charge is -2.39. The molecule has 5 rings (SSSR count). The van der Waals surface area contributed by atoms with Crippen molar-refractivity contribution in [1.82, 2.24) is 14.8 Å². The van der Waals surface area contributed by atoms with Crippen LogP contribution in [0.3, 0.4) is 0 Å². The van der Waals surface area contributed by atoms with E-state index in [1.165, 1.54) is 16.2 Å². The standard InChI is InChI=1S/C32H34ClN3O4S/c1-19-15-22(16-20(2)34-19)21-9-14-27(40-4)23(17-21)18-36(25-12-10-24(11-13-25)35(3)32(38)39)31(37)30-29(33)26-7-5-6-8-28(26)41-30/h5-9,14-17,24-25H,10-13,18H2,1-4H3,(H,38,39). The Morgan fingerprint density at radius 1 is 1.00 bits per heavy atom. The molecule has 0 aliphatic heterocycles. The number of hydrogen-bond acceptors (Lipinski definition) is 5. The molecule has 2 heterocycles. The van der Waals surface area contributed by atoms with Crippen LogP contribution in [-0.4, -0.2) is 58.1 Å². The molecule has 7 nitrogen and oxygen atoms in total. The molecule has 1 N–H and O–H groups in total. The second-order valence-corrected chi connectivity index (χ2v) is 12.1. The monoisotopic (exact) mass is 591 g/mol. The number of fused-ring (bicyclic) bond motifs is 1. The first-order valence-corrected chi connectivity index (χ1v) is 14.9. The van der Waals surface area contributed by atoms with Gasteiger partial charge in [0.2, 0.25) is 0 Å². The van der Waals surface area contributed by atoms with Gasteiger partial charge in [-0.1, -0.05) is 35.9 Å². The number of carbonyl (C=O) groups excluding carboxylic acids is 1. The lowest BCUT2D eigenvalue weighted by Crippen LogP contribution is -2.46. The van der Waals surface area contributed by atoms with Crippen LogP contribution in [0.5, 0.6) is 5.75 Å². The molecule has 2 amide bonds. The van der Waals surface area contributed by atoms with Gasteiger partial charge in [0.1, 0.15) is 10.6 Å². The van der Waals surface area contributed by atoms with Crippen molar-refractivity contribution in [2.24, 2.45) is 0 Å². The second kappa shape index (κ2) is 12.1. The third-order valence-electron chi connectivity index (χ3n) is 7.98. The van der Waals surface area contributed by atoms with Crippen molar-refractivity contribution >= 4 is 45.0 Å². The number of aryl methyl sites for hydroxylation is 2. The summed E-state index contributed by atoms with van der Waals surface area (Å²) in [7, 11) is 3.26. The summed E-state index contributed by atoms with van der Waals surface area (Å²) in [5.74, 6) is 0.588. The molecule has 0 radical (unpaired) electrons. The summed E-state index contributed by atoms with van der Waals surface area (Å²) in [5.41, 5.74) is 4.86. The highest BCUT2D eigenvalue weighted by atomic mass is 35.5. The van der Waals surface area contributed by atoms with Gasteiger partial charge in [0.15, 0.2) is 0 Å². The predicted molar refractivity (Wildman–Crippen MR) is 164 cm³/mol. The lowest BCUT2D eigenvalue weighted by atomic mass is 9.89. The molecule has 4 aromatic rings.